The molecule has 0 aromatic heterocycles. The number of amides is 5. The fourth-order valence-corrected chi connectivity index (χ4v) is 2.73. The van der Waals surface area contributed by atoms with Crippen molar-refractivity contribution >= 4 is 35.4 Å². The third kappa shape index (κ3) is 2.31. The second-order valence-electron chi connectivity index (χ2n) is 5.11. The van der Waals surface area contributed by atoms with Crippen LogP contribution in [0.4, 0.5) is 10.5 Å². The molecule has 2 heterocycles. The molecular weight excluding hydrogens is 306 g/mol. The number of carbonyl (C=O) groups is 5. The molecule has 0 aliphatic carbocycles. The molecular formula is C14H11N3O6. The molecule has 1 fully saturated rings. The van der Waals surface area contributed by atoms with Crippen molar-refractivity contribution in [1.82, 2.24) is 10.2 Å². The van der Waals surface area contributed by atoms with Crippen LogP contribution >= 0.6 is 0 Å². The summed E-state index contributed by atoms with van der Waals surface area (Å²) in [5, 5.41) is 13.0. The quantitative estimate of drug-likeness (QED) is 0.666. The first kappa shape index (κ1) is 14.7. The third-order valence-corrected chi connectivity index (χ3v) is 3.71. The van der Waals surface area contributed by atoms with Gasteiger partial charge in [0, 0.05) is 6.42 Å². The van der Waals surface area contributed by atoms with Crippen molar-refractivity contribution in [3.8, 4) is 0 Å². The summed E-state index contributed by atoms with van der Waals surface area (Å²) in [6, 6.07) is 3.09. The lowest BCUT2D eigenvalue weighted by Gasteiger charge is -2.27. The highest BCUT2D eigenvalue weighted by molar-refractivity contribution is 6.26. The van der Waals surface area contributed by atoms with Crippen molar-refractivity contribution < 1.29 is 29.1 Å². The van der Waals surface area contributed by atoms with Crippen LogP contribution in [0.5, 0.6) is 0 Å². The molecule has 1 unspecified atom stereocenters. The van der Waals surface area contributed by atoms with Gasteiger partial charge < -0.3 is 5.11 Å². The molecule has 2 aliphatic heterocycles. The second-order valence-corrected chi connectivity index (χ2v) is 5.11. The van der Waals surface area contributed by atoms with Crippen LogP contribution in [0.1, 0.15) is 33.6 Å². The van der Waals surface area contributed by atoms with E-state index in [-0.39, 0.29) is 29.7 Å². The SMILES string of the molecule is O=C(O)Nc1cccc2c1C(=O)N(C1CCC(=O)NC1=O)C2=O. The molecule has 0 radical (unpaired) electrons. The number of nitrogens with zero attached hydrogens (tertiary/aromatic N) is 1. The molecule has 1 atom stereocenters. The highest BCUT2D eigenvalue weighted by atomic mass is 16.4. The monoisotopic (exact) mass is 317 g/mol. The summed E-state index contributed by atoms with van der Waals surface area (Å²) in [4.78, 5) is 59.7. The van der Waals surface area contributed by atoms with Crippen molar-refractivity contribution in [1.29, 1.82) is 0 Å². The van der Waals surface area contributed by atoms with Crippen LogP contribution in [-0.2, 0) is 9.59 Å². The molecule has 0 saturated carbocycles. The Morgan fingerprint density at radius 3 is 2.61 bits per heavy atom. The van der Waals surface area contributed by atoms with Crippen molar-refractivity contribution in [3.63, 3.8) is 0 Å². The number of piperidine rings is 1. The molecule has 1 aromatic rings. The van der Waals surface area contributed by atoms with Crippen LogP contribution in [0.2, 0.25) is 0 Å². The van der Waals surface area contributed by atoms with Gasteiger partial charge in [-0.3, -0.25) is 34.7 Å². The first-order valence-electron chi connectivity index (χ1n) is 6.74. The van der Waals surface area contributed by atoms with Gasteiger partial charge in [0.25, 0.3) is 11.8 Å². The molecule has 5 amide bonds. The number of hydrogen-bond donors (Lipinski definition) is 3. The van der Waals surface area contributed by atoms with E-state index in [9.17, 15) is 24.0 Å². The molecule has 1 saturated heterocycles. The maximum atomic E-state index is 12.5. The topological polar surface area (TPSA) is 133 Å². The van der Waals surface area contributed by atoms with E-state index in [1.165, 1.54) is 18.2 Å². The van der Waals surface area contributed by atoms with Gasteiger partial charge in [-0.25, -0.2) is 4.79 Å². The molecule has 1 aromatic carbocycles. The van der Waals surface area contributed by atoms with Crippen molar-refractivity contribution in [2.75, 3.05) is 5.32 Å². The molecule has 23 heavy (non-hydrogen) atoms. The average molecular weight is 317 g/mol. The van der Waals surface area contributed by atoms with Gasteiger partial charge in [-0.05, 0) is 18.6 Å². The minimum Gasteiger partial charge on any atom is -0.465 e. The van der Waals surface area contributed by atoms with E-state index in [1.807, 2.05) is 0 Å². The summed E-state index contributed by atoms with van der Waals surface area (Å²) < 4.78 is 0. The third-order valence-electron chi connectivity index (χ3n) is 3.71. The zero-order valence-electron chi connectivity index (χ0n) is 11.7. The van der Waals surface area contributed by atoms with Crippen LogP contribution in [0, 0.1) is 0 Å². The Labute approximate surface area is 129 Å². The minimum absolute atomic E-state index is 0.0179. The largest absolute Gasteiger partial charge is 0.465 e. The molecule has 3 rings (SSSR count). The van der Waals surface area contributed by atoms with Gasteiger partial charge in [0.15, 0.2) is 0 Å². The van der Waals surface area contributed by atoms with Crippen LogP contribution in [0.3, 0.4) is 0 Å². The number of hydrogen-bond acceptors (Lipinski definition) is 5. The number of anilines is 1. The van der Waals surface area contributed by atoms with Gasteiger partial charge in [-0.15, -0.1) is 0 Å². The van der Waals surface area contributed by atoms with Gasteiger partial charge in [0.05, 0.1) is 16.8 Å². The summed E-state index contributed by atoms with van der Waals surface area (Å²) in [5.74, 6) is -2.63. The van der Waals surface area contributed by atoms with Crippen LogP contribution in [0.15, 0.2) is 18.2 Å². The Bertz CT molecular complexity index is 772. The normalized spacial score (nSPS) is 20.3. The van der Waals surface area contributed by atoms with Crippen molar-refractivity contribution in [2.24, 2.45) is 0 Å². The molecule has 2 aliphatic rings. The lowest BCUT2D eigenvalue weighted by atomic mass is 10.0. The van der Waals surface area contributed by atoms with E-state index >= 15 is 0 Å². The van der Waals surface area contributed by atoms with E-state index in [0.29, 0.717) is 0 Å². The number of carboxylic acid groups (broad SMARTS) is 1. The summed E-state index contributed by atoms with van der Waals surface area (Å²) >= 11 is 0. The Kier molecular flexibility index (Phi) is 3.32. The maximum Gasteiger partial charge on any atom is 0.409 e. The van der Waals surface area contributed by atoms with Crippen LogP contribution in [-0.4, -0.2) is 45.8 Å². The molecule has 9 nitrogen and oxygen atoms in total. The van der Waals surface area contributed by atoms with E-state index in [4.69, 9.17) is 5.11 Å². The molecule has 0 spiro atoms. The number of benzene rings is 1. The predicted molar refractivity (Wildman–Crippen MR) is 74.8 cm³/mol. The highest BCUT2D eigenvalue weighted by Crippen LogP contribution is 2.32. The molecule has 118 valence electrons. The summed E-state index contributed by atoms with van der Waals surface area (Å²) in [6.45, 7) is 0. The van der Waals surface area contributed by atoms with Crippen LogP contribution in [0.25, 0.3) is 0 Å². The number of rotatable bonds is 2. The van der Waals surface area contributed by atoms with Gasteiger partial charge in [-0.2, -0.15) is 0 Å². The smallest absolute Gasteiger partial charge is 0.409 e. The van der Waals surface area contributed by atoms with Crippen molar-refractivity contribution in [2.45, 2.75) is 18.9 Å². The standard InChI is InChI=1S/C14H11N3O6/c18-9-5-4-8(11(19)16-9)17-12(20)6-2-1-3-7(15-14(22)23)10(6)13(17)21/h1-3,8,15H,4-5H2,(H,22,23)(H,16,18,19). The lowest BCUT2D eigenvalue weighted by Crippen LogP contribution is -2.54. The van der Waals surface area contributed by atoms with E-state index in [1.54, 1.807) is 0 Å². The maximum absolute atomic E-state index is 12.5. The lowest BCUT2D eigenvalue weighted by molar-refractivity contribution is -0.136. The molecule has 0 bridgehead atoms. The predicted octanol–water partition coefficient (Wildman–Crippen LogP) is 0.178. The molecule has 9 heteroatoms. The number of carbonyl (C=O) groups excluding carboxylic acids is 4. The first-order chi connectivity index (χ1) is 10.9. The Hall–Kier alpha value is -3.23. The fourth-order valence-electron chi connectivity index (χ4n) is 2.73. The second kappa shape index (κ2) is 5.20. The Morgan fingerprint density at radius 2 is 1.96 bits per heavy atom. The van der Waals surface area contributed by atoms with Crippen LogP contribution < -0.4 is 10.6 Å². The fraction of sp³-hybridized carbons (Fsp3) is 0.214. The zero-order chi connectivity index (χ0) is 16.7. The highest BCUT2D eigenvalue weighted by Gasteiger charge is 2.45. The van der Waals surface area contributed by atoms with Gasteiger partial charge in [-0.1, -0.05) is 6.07 Å². The van der Waals surface area contributed by atoms with Crippen molar-refractivity contribution in [3.05, 3.63) is 29.3 Å². The first-order valence-corrected chi connectivity index (χ1v) is 6.74. The summed E-state index contributed by atoms with van der Waals surface area (Å²) in [6.07, 6.45) is -1.32. The zero-order valence-corrected chi connectivity index (χ0v) is 11.7. The van der Waals surface area contributed by atoms with Gasteiger partial charge in [0.1, 0.15) is 6.04 Å². The van der Waals surface area contributed by atoms with E-state index in [2.05, 4.69) is 10.6 Å². The number of nitrogens with one attached hydrogen (secondary N) is 2. The number of fused-ring (bicyclic) bond motifs is 1. The number of imide groups is 2. The van der Waals surface area contributed by atoms with Gasteiger partial charge in [0.2, 0.25) is 11.8 Å². The van der Waals surface area contributed by atoms with Gasteiger partial charge >= 0.3 is 6.09 Å². The Morgan fingerprint density at radius 1 is 1.22 bits per heavy atom. The summed E-state index contributed by atoms with van der Waals surface area (Å²) in [5.41, 5.74) is -0.0984. The van der Waals surface area contributed by atoms with E-state index < -0.39 is 35.8 Å². The average Bonchev–Trinajstić information content (AvgIpc) is 2.72. The summed E-state index contributed by atoms with van der Waals surface area (Å²) in [7, 11) is 0. The molecule has 3 N–H and O–H groups in total. The van der Waals surface area contributed by atoms with E-state index in [0.717, 1.165) is 4.90 Å². The minimum atomic E-state index is -1.38. The Balaban J connectivity index is 1.99.